The SMILES string of the molecule is COc1ccc(CNc2c(C)cccc2Cl)c(O)c1. The first-order chi connectivity index (χ1) is 9.11. The summed E-state index contributed by atoms with van der Waals surface area (Å²) in [7, 11) is 1.57. The molecule has 0 aliphatic carbocycles. The molecule has 2 aromatic carbocycles. The normalized spacial score (nSPS) is 10.3. The quantitative estimate of drug-likeness (QED) is 0.888. The van der Waals surface area contributed by atoms with E-state index >= 15 is 0 Å². The van der Waals surface area contributed by atoms with Crippen LogP contribution < -0.4 is 10.1 Å². The third-order valence-electron chi connectivity index (χ3n) is 2.97. The van der Waals surface area contributed by atoms with Gasteiger partial charge in [0.15, 0.2) is 0 Å². The van der Waals surface area contributed by atoms with Crippen LogP contribution in [0.15, 0.2) is 36.4 Å². The van der Waals surface area contributed by atoms with Gasteiger partial charge >= 0.3 is 0 Å². The predicted molar refractivity (Wildman–Crippen MR) is 78.2 cm³/mol. The minimum atomic E-state index is 0.205. The second-order valence-corrected chi connectivity index (χ2v) is 4.69. The van der Waals surface area contributed by atoms with Crippen LogP contribution in [0, 0.1) is 6.92 Å². The van der Waals surface area contributed by atoms with Gasteiger partial charge in [-0.2, -0.15) is 0 Å². The van der Waals surface area contributed by atoms with Crippen molar-refractivity contribution in [2.24, 2.45) is 0 Å². The Labute approximate surface area is 117 Å². The largest absolute Gasteiger partial charge is 0.507 e. The molecule has 0 spiro atoms. The zero-order chi connectivity index (χ0) is 13.8. The molecule has 100 valence electrons. The van der Waals surface area contributed by atoms with E-state index in [0.29, 0.717) is 17.3 Å². The van der Waals surface area contributed by atoms with E-state index in [2.05, 4.69) is 5.32 Å². The molecule has 3 nitrogen and oxygen atoms in total. The molecule has 0 aromatic heterocycles. The average molecular weight is 278 g/mol. The highest BCUT2D eigenvalue weighted by Crippen LogP contribution is 2.28. The molecule has 0 heterocycles. The number of aryl methyl sites for hydroxylation is 1. The van der Waals surface area contributed by atoms with Gasteiger partial charge in [0.2, 0.25) is 0 Å². The van der Waals surface area contributed by atoms with Gasteiger partial charge in [-0.25, -0.2) is 0 Å². The highest BCUT2D eigenvalue weighted by atomic mass is 35.5. The van der Waals surface area contributed by atoms with Gasteiger partial charge in [-0.05, 0) is 30.7 Å². The van der Waals surface area contributed by atoms with E-state index in [9.17, 15) is 5.11 Å². The molecular weight excluding hydrogens is 262 g/mol. The van der Waals surface area contributed by atoms with Crippen molar-refractivity contribution >= 4 is 17.3 Å². The number of nitrogens with one attached hydrogen (secondary N) is 1. The number of phenolic OH excluding ortho intramolecular Hbond substituents is 1. The summed E-state index contributed by atoms with van der Waals surface area (Å²) in [5, 5.41) is 13.8. The number of hydrogen-bond acceptors (Lipinski definition) is 3. The minimum Gasteiger partial charge on any atom is -0.507 e. The number of halogens is 1. The second-order valence-electron chi connectivity index (χ2n) is 4.28. The van der Waals surface area contributed by atoms with Crippen molar-refractivity contribution in [2.75, 3.05) is 12.4 Å². The lowest BCUT2D eigenvalue weighted by molar-refractivity contribution is 0.406. The van der Waals surface area contributed by atoms with Gasteiger partial charge < -0.3 is 15.2 Å². The van der Waals surface area contributed by atoms with Gasteiger partial charge in [-0.1, -0.05) is 23.7 Å². The summed E-state index contributed by atoms with van der Waals surface area (Å²) in [6, 6.07) is 11.0. The Morgan fingerprint density at radius 3 is 2.68 bits per heavy atom. The molecule has 2 N–H and O–H groups in total. The highest BCUT2D eigenvalue weighted by Gasteiger charge is 2.06. The number of rotatable bonds is 4. The van der Waals surface area contributed by atoms with Gasteiger partial charge in [-0.15, -0.1) is 0 Å². The van der Waals surface area contributed by atoms with E-state index in [1.54, 1.807) is 13.2 Å². The number of phenols is 1. The van der Waals surface area contributed by atoms with Gasteiger partial charge in [0.05, 0.1) is 17.8 Å². The van der Waals surface area contributed by atoms with E-state index in [0.717, 1.165) is 16.8 Å². The van der Waals surface area contributed by atoms with Crippen LogP contribution in [0.25, 0.3) is 0 Å². The fourth-order valence-corrected chi connectivity index (χ4v) is 2.15. The number of benzene rings is 2. The van der Waals surface area contributed by atoms with Crippen molar-refractivity contribution in [3.63, 3.8) is 0 Å². The standard InChI is InChI=1S/C15H16ClNO2/c1-10-4-3-5-13(16)15(10)17-9-11-6-7-12(19-2)8-14(11)18/h3-8,17-18H,9H2,1-2H3. The minimum absolute atomic E-state index is 0.205. The molecule has 0 amide bonds. The van der Waals surface area contributed by atoms with Crippen molar-refractivity contribution < 1.29 is 9.84 Å². The summed E-state index contributed by atoms with van der Waals surface area (Å²) in [6.45, 7) is 2.49. The topological polar surface area (TPSA) is 41.5 Å². The van der Waals surface area contributed by atoms with Gasteiger partial charge in [0, 0.05) is 18.2 Å². The lowest BCUT2D eigenvalue weighted by atomic mass is 10.1. The van der Waals surface area contributed by atoms with E-state index in [4.69, 9.17) is 16.3 Å². The summed E-state index contributed by atoms with van der Waals surface area (Å²) in [5.41, 5.74) is 2.75. The summed E-state index contributed by atoms with van der Waals surface area (Å²) < 4.78 is 5.05. The van der Waals surface area contributed by atoms with E-state index in [1.807, 2.05) is 37.3 Å². The van der Waals surface area contributed by atoms with Crippen molar-refractivity contribution in [1.82, 2.24) is 0 Å². The maximum absolute atomic E-state index is 9.89. The second kappa shape index (κ2) is 5.85. The zero-order valence-electron chi connectivity index (χ0n) is 10.9. The van der Waals surface area contributed by atoms with Crippen molar-refractivity contribution in [2.45, 2.75) is 13.5 Å². The third kappa shape index (κ3) is 3.12. The van der Waals surface area contributed by atoms with Gasteiger partial charge in [0.25, 0.3) is 0 Å². The molecule has 4 heteroatoms. The molecule has 0 aliphatic rings. The van der Waals surface area contributed by atoms with Crippen LogP contribution >= 0.6 is 11.6 Å². The van der Waals surface area contributed by atoms with Gasteiger partial charge in [-0.3, -0.25) is 0 Å². The third-order valence-corrected chi connectivity index (χ3v) is 3.28. The summed E-state index contributed by atoms with van der Waals surface area (Å²) >= 11 is 6.14. The van der Waals surface area contributed by atoms with Crippen molar-refractivity contribution in [3.05, 3.63) is 52.5 Å². The molecule has 0 aliphatic heterocycles. The van der Waals surface area contributed by atoms with Crippen molar-refractivity contribution in [3.8, 4) is 11.5 Å². The Hall–Kier alpha value is -1.87. The Morgan fingerprint density at radius 1 is 1.26 bits per heavy atom. The molecule has 0 radical (unpaired) electrons. The van der Waals surface area contributed by atoms with E-state index < -0.39 is 0 Å². The van der Waals surface area contributed by atoms with Crippen molar-refractivity contribution in [1.29, 1.82) is 0 Å². The van der Waals surface area contributed by atoms with Crippen LogP contribution in [0.5, 0.6) is 11.5 Å². The predicted octanol–water partition coefficient (Wildman–Crippen LogP) is 3.97. The molecule has 0 fully saturated rings. The van der Waals surface area contributed by atoms with Crippen LogP contribution in [0.3, 0.4) is 0 Å². The Kier molecular flexibility index (Phi) is 4.17. The molecule has 2 rings (SSSR count). The first kappa shape index (κ1) is 13.6. The molecule has 0 saturated heterocycles. The highest BCUT2D eigenvalue weighted by molar-refractivity contribution is 6.33. The van der Waals surface area contributed by atoms with Crippen LogP contribution in [0.2, 0.25) is 5.02 Å². The maximum Gasteiger partial charge on any atom is 0.124 e. The molecule has 0 atom stereocenters. The van der Waals surface area contributed by atoms with Crippen LogP contribution in [0.1, 0.15) is 11.1 Å². The van der Waals surface area contributed by atoms with Crippen LogP contribution in [0.4, 0.5) is 5.69 Å². The number of anilines is 1. The smallest absolute Gasteiger partial charge is 0.124 e. The molecule has 0 bridgehead atoms. The maximum atomic E-state index is 9.89. The first-order valence-electron chi connectivity index (χ1n) is 5.96. The van der Waals surface area contributed by atoms with E-state index in [-0.39, 0.29) is 5.75 Å². The first-order valence-corrected chi connectivity index (χ1v) is 6.34. The summed E-state index contributed by atoms with van der Waals surface area (Å²) in [6.07, 6.45) is 0. The monoisotopic (exact) mass is 277 g/mol. The van der Waals surface area contributed by atoms with Gasteiger partial charge in [0.1, 0.15) is 11.5 Å². The lowest BCUT2D eigenvalue weighted by Gasteiger charge is -2.12. The molecular formula is C15H16ClNO2. The number of para-hydroxylation sites is 1. The molecule has 0 saturated carbocycles. The zero-order valence-corrected chi connectivity index (χ0v) is 11.7. The molecule has 19 heavy (non-hydrogen) atoms. The fraction of sp³-hybridized carbons (Fsp3) is 0.200. The Balaban J connectivity index is 2.15. The number of ether oxygens (including phenoxy) is 1. The summed E-state index contributed by atoms with van der Waals surface area (Å²) in [4.78, 5) is 0. The fourth-order valence-electron chi connectivity index (χ4n) is 1.86. The van der Waals surface area contributed by atoms with E-state index in [1.165, 1.54) is 0 Å². The Morgan fingerprint density at radius 2 is 2.05 bits per heavy atom. The van der Waals surface area contributed by atoms with Crippen LogP contribution in [-0.2, 0) is 6.54 Å². The number of methoxy groups -OCH3 is 1. The summed E-state index contributed by atoms with van der Waals surface area (Å²) in [5.74, 6) is 0.840. The Bertz CT molecular complexity index is 564. The number of aromatic hydroxyl groups is 1. The molecule has 2 aromatic rings. The molecule has 0 unspecified atom stereocenters. The average Bonchev–Trinajstić information content (AvgIpc) is 2.39. The number of hydrogen-bond donors (Lipinski definition) is 2. The lowest BCUT2D eigenvalue weighted by Crippen LogP contribution is -2.02. The van der Waals surface area contributed by atoms with Crippen LogP contribution in [-0.4, -0.2) is 12.2 Å².